The highest BCUT2D eigenvalue weighted by atomic mass is 16.5. The van der Waals surface area contributed by atoms with E-state index in [0.717, 1.165) is 33.8 Å². The largest absolute Gasteiger partial charge is 0.438 e. The van der Waals surface area contributed by atoms with Gasteiger partial charge in [0.25, 0.3) is 0 Å². The Kier molecular flexibility index (Phi) is 6.37. The third-order valence-electron chi connectivity index (χ3n) is 4.83. The van der Waals surface area contributed by atoms with Gasteiger partial charge in [-0.2, -0.15) is 9.78 Å². The number of rotatable bonds is 7. The number of aryl methyl sites for hydroxylation is 3. The molecule has 2 aromatic carbocycles. The Hall–Kier alpha value is -3.08. The molecule has 0 atom stereocenters. The van der Waals surface area contributed by atoms with Gasteiger partial charge in [-0.3, -0.25) is 4.79 Å². The normalized spacial score (nSPS) is 11.0. The lowest BCUT2D eigenvalue weighted by Crippen LogP contribution is -2.30. The highest BCUT2D eigenvalue weighted by Crippen LogP contribution is 2.33. The number of aromatic nitrogens is 2. The summed E-state index contributed by atoms with van der Waals surface area (Å²) in [6, 6.07) is 16.1. The zero-order valence-corrected chi connectivity index (χ0v) is 17.8. The minimum atomic E-state index is 0.0323. The van der Waals surface area contributed by atoms with Crippen LogP contribution in [0.3, 0.4) is 0 Å². The van der Waals surface area contributed by atoms with Crippen LogP contribution in [0.4, 0.5) is 0 Å². The van der Waals surface area contributed by atoms with Crippen LogP contribution in [0.5, 0.6) is 11.6 Å². The zero-order valence-electron chi connectivity index (χ0n) is 17.8. The van der Waals surface area contributed by atoms with E-state index >= 15 is 0 Å². The van der Waals surface area contributed by atoms with Crippen LogP contribution < -0.4 is 10.1 Å². The molecule has 5 nitrogen and oxygen atoms in total. The van der Waals surface area contributed by atoms with Crippen molar-refractivity contribution in [1.82, 2.24) is 15.1 Å². The number of carbonyl (C=O) groups is 1. The third-order valence-corrected chi connectivity index (χ3v) is 4.83. The Morgan fingerprint density at radius 2 is 1.69 bits per heavy atom. The fourth-order valence-corrected chi connectivity index (χ4v) is 3.30. The topological polar surface area (TPSA) is 56.1 Å². The SMILES string of the molecule is Cc1ccccc1Oc1c(CCC(=O)NC(C)C)c(C)nn1-c1ccccc1C. The van der Waals surface area contributed by atoms with Crippen molar-refractivity contribution in [1.29, 1.82) is 0 Å². The van der Waals surface area contributed by atoms with Crippen molar-refractivity contribution in [2.45, 2.75) is 53.5 Å². The monoisotopic (exact) mass is 391 g/mol. The second kappa shape index (κ2) is 8.95. The molecule has 1 heterocycles. The Bertz CT molecular complexity index is 1010. The van der Waals surface area contributed by atoms with Gasteiger partial charge in [0.15, 0.2) is 0 Å². The summed E-state index contributed by atoms with van der Waals surface area (Å²) in [5, 5.41) is 7.72. The summed E-state index contributed by atoms with van der Waals surface area (Å²) in [5.74, 6) is 1.49. The molecular weight excluding hydrogens is 362 g/mol. The van der Waals surface area contributed by atoms with Crippen molar-refractivity contribution >= 4 is 5.91 Å². The number of nitrogens with one attached hydrogen (secondary N) is 1. The molecule has 3 rings (SSSR count). The lowest BCUT2D eigenvalue weighted by atomic mass is 10.1. The first kappa shape index (κ1) is 20.6. The maximum atomic E-state index is 12.2. The van der Waals surface area contributed by atoms with Crippen LogP contribution >= 0.6 is 0 Å². The molecule has 0 radical (unpaired) electrons. The van der Waals surface area contributed by atoms with Crippen LogP contribution in [0.2, 0.25) is 0 Å². The Morgan fingerprint density at radius 3 is 2.34 bits per heavy atom. The van der Waals surface area contributed by atoms with Gasteiger partial charge in [-0.05, 0) is 64.3 Å². The van der Waals surface area contributed by atoms with Crippen molar-refractivity contribution in [3.63, 3.8) is 0 Å². The highest BCUT2D eigenvalue weighted by Gasteiger charge is 2.21. The molecule has 1 aromatic heterocycles. The van der Waals surface area contributed by atoms with Crippen molar-refractivity contribution < 1.29 is 9.53 Å². The molecule has 0 saturated carbocycles. The molecule has 0 aliphatic rings. The van der Waals surface area contributed by atoms with Crippen LogP contribution in [0.15, 0.2) is 48.5 Å². The average Bonchev–Trinajstić information content (AvgIpc) is 2.97. The van der Waals surface area contributed by atoms with E-state index in [1.54, 1.807) is 0 Å². The minimum absolute atomic E-state index is 0.0323. The summed E-state index contributed by atoms with van der Waals surface area (Å²) in [6.07, 6.45) is 0.958. The van der Waals surface area contributed by atoms with E-state index in [0.29, 0.717) is 18.7 Å². The molecule has 0 aliphatic heterocycles. The first-order chi connectivity index (χ1) is 13.9. The maximum absolute atomic E-state index is 12.2. The molecule has 5 heteroatoms. The minimum Gasteiger partial charge on any atom is -0.438 e. The molecule has 0 aliphatic carbocycles. The van der Waals surface area contributed by atoms with Crippen LogP contribution in [-0.4, -0.2) is 21.7 Å². The van der Waals surface area contributed by atoms with E-state index in [4.69, 9.17) is 9.84 Å². The number of nitrogens with zero attached hydrogens (tertiary/aromatic N) is 2. The first-order valence-electron chi connectivity index (χ1n) is 10.0. The van der Waals surface area contributed by atoms with Crippen molar-refractivity contribution in [2.24, 2.45) is 0 Å². The van der Waals surface area contributed by atoms with Crippen LogP contribution in [0.1, 0.15) is 42.7 Å². The van der Waals surface area contributed by atoms with E-state index in [1.807, 2.05) is 74.8 Å². The lowest BCUT2D eigenvalue weighted by molar-refractivity contribution is -0.121. The molecule has 152 valence electrons. The number of para-hydroxylation sites is 2. The van der Waals surface area contributed by atoms with E-state index in [1.165, 1.54) is 0 Å². The standard InChI is InChI=1S/C24H29N3O2/c1-16(2)25-23(28)15-14-20-19(5)26-27(21-12-8-6-10-17(21)3)24(20)29-22-13-9-7-11-18(22)4/h6-13,16H,14-15H2,1-5H3,(H,25,28). The van der Waals surface area contributed by atoms with Crippen molar-refractivity contribution in [3.8, 4) is 17.3 Å². The average molecular weight is 392 g/mol. The first-order valence-corrected chi connectivity index (χ1v) is 10.0. The quantitative estimate of drug-likeness (QED) is 0.613. The van der Waals surface area contributed by atoms with Gasteiger partial charge in [-0.25, -0.2) is 0 Å². The van der Waals surface area contributed by atoms with Gasteiger partial charge < -0.3 is 10.1 Å². The summed E-state index contributed by atoms with van der Waals surface area (Å²) < 4.78 is 8.24. The van der Waals surface area contributed by atoms with E-state index < -0.39 is 0 Å². The predicted molar refractivity (Wildman–Crippen MR) is 116 cm³/mol. The Balaban J connectivity index is 2.02. The van der Waals surface area contributed by atoms with E-state index in [-0.39, 0.29) is 11.9 Å². The molecule has 3 aromatic rings. The Labute approximate surface area is 172 Å². The number of carbonyl (C=O) groups excluding carboxylic acids is 1. The second-order valence-electron chi connectivity index (χ2n) is 7.66. The third kappa shape index (κ3) is 4.86. The molecule has 0 spiro atoms. The van der Waals surface area contributed by atoms with Crippen LogP contribution in [0, 0.1) is 20.8 Å². The molecule has 0 unspecified atom stereocenters. The summed E-state index contributed by atoms with van der Waals surface area (Å²) in [5.41, 5.74) is 4.95. The summed E-state index contributed by atoms with van der Waals surface area (Å²) in [4.78, 5) is 12.2. The van der Waals surface area contributed by atoms with Crippen molar-refractivity contribution in [2.75, 3.05) is 0 Å². The molecule has 0 fully saturated rings. The maximum Gasteiger partial charge on any atom is 0.226 e. The van der Waals surface area contributed by atoms with Gasteiger partial charge in [-0.15, -0.1) is 0 Å². The molecule has 0 bridgehead atoms. The summed E-state index contributed by atoms with van der Waals surface area (Å²) in [7, 11) is 0. The second-order valence-corrected chi connectivity index (χ2v) is 7.66. The van der Waals surface area contributed by atoms with Gasteiger partial charge in [0, 0.05) is 18.0 Å². The van der Waals surface area contributed by atoms with Gasteiger partial charge in [0.1, 0.15) is 5.75 Å². The molecule has 1 amide bonds. The van der Waals surface area contributed by atoms with Gasteiger partial charge in [-0.1, -0.05) is 36.4 Å². The van der Waals surface area contributed by atoms with Gasteiger partial charge in [0.2, 0.25) is 11.8 Å². The van der Waals surface area contributed by atoms with E-state index in [9.17, 15) is 4.79 Å². The predicted octanol–water partition coefficient (Wildman–Crippen LogP) is 5.05. The number of amides is 1. The fraction of sp³-hybridized carbons (Fsp3) is 0.333. The van der Waals surface area contributed by atoms with Crippen molar-refractivity contribution in [3.05, 3.63) is 70.9 Å². The molecule has 1 N–H and O–H groups in total. The summed E-state index contributed by atoms with van der Waals surface area (Å²) >= 11 is 0. The number of ether oxygens (including phenoxy) is 1. The molecule has 29 heavy (non-hydrogen) atoms. The smallest absolute Gasteiger partial charge is 0.226 e. The number of benzene rings is 2. The van der Waals surface area contributed by atoms with Crippen LogP contribution in [0.25, 0.3) is 5.69 Å². The van der Waals surface area contributed by atoms with Gasteiger partial charge in [0.05, 0.1) is 11.4 Å². The Morgan fingerprint density at radius 1 is 1.03 bits per heavy atom. The molecular formula is C24H29N3O2. The fourth-order valence-electron chi connectivity index (χ4n) is 3.30. The van der Waals surface area contributed by atoms with E-state index in [2.05, 4.69) is 18.3 Å². The summed E-state index contributed by atoms with van der Waals surface area (Å²) in [6.45, 7) is 9.97. The molecule has 0 saturated heterocycles. The van der Waals surface area contributed by atoms with Crippen LogP contribution in [-0.2, 0) is 11.2 Å². The lowest BCUT2D eigenvalue weighted by Gasteiger charge is -2.14. The highest BCUT2D eigenvalue weighted by molar-refractivity contribution is 5.76. The number of hydrogen-bond donors (Lipinski definition) is 1. The van der Waals surface area contributed by atoms with Gasteiger partial charge >= 0.3 is 0 Å². The zero-order chi connectivity index (χ0) is 21.0. The number of hydrogen-bond acceptors (Lipinski definition) is 3.